The number of ether oxygens (including phenoxy) is 2. The Balaban J connectivity index is 1.35. The van der Waals surface area contributed by atoms with Gasteiger partial charge in [-0.15, -0.1) is 0 Å². The third-order valence-electron chi connectivity index (χ3n) is 4.77. The first-order chi connectivity index (χ1) is 16.4. The molecule has 4 rings (SSSR count). The van der Waals surface area contributed by atoms with E-state index in [1.54, 1.807) is 18.3 Å². The van der Waals surface area contributed by atoms with Crippen molar-refractivity contribution in [3.63, 3.8) is 0 Å². The minimum absolute atomic E-state index is 0.0983. The summed E-state index contributed by atoms with van der Waals surface area (Å²) in [7, 11) is 0. The van der Waals surface area contributed by atoms with Crippen molar-refractivity contribution in [3.05, 3.63) is 89.9 Å². The quantitative estimate of drug-likeness (QED) is 0.419. The van der Waals surface area contributed by atoms with Crippen LogP contribution in [0.4, 0.5) is 10.1 Å². The predicted octanol–water partition coefficient (Wildman–Crippen LogP) is 3.65. The van der Waals surface area contributed by atoms with Gasteiger partial charge in [0.25, 0.3) is 5.91 Å². The summed E-state index contributed by atoms with van der Waals surface area (Å²) in [6.45, 7) is 3.41. The minimum atomic E-state index is -0.668. The molecule has 0 fully saturated rings. The number of aryl methyl sites for hydroxylation is 2. The normalized spacial score (nSPS) is 10.6. The molecule has 1 amide bonds. The van der Waals surface area contributed by atoms with Gasteiger partial charge in [0.05, 0.1) is 5.56 Å². The summed E-state index contributed by atoms with van der Waals surface area (Å²) in [5.41, 5.74) is 2.48. The summed E-state index contributed by atoms with van der Waals surface area (Å²) < 4.78 is 25.6. The number of esters is 1. The molecule has 0 aliphatic carbocycles. The number of amides is 1. The number of aromatic nitrogens is 4. The highest BCUT2D eigenvalue weighted by Gasteiger charge is 2.16. The smallest absolute Gasteiger partial charge is 0.349 e. The first-order valence-corrected chi connectivity index (χ1v) is 10.2. The first-order valence-electron chi connectivity index (χ1n) is 10.2. The number of nitrogens with zero attached hydrogens (tertiary/aromatic N) is 4. The van der Waals surface area contributed by atoms with Crippen molar-refractivity contribution >= 4 is 17.6 Å². The summed E-state index contributed by atoms with van der Waals surface area (Å²) in [5.74, 6) is -0.775. The fourth-order valence-corrected chi connectivity index (χ4v) is 3.15. The van der Waals surface area contributed by atoms with Gasteiger partial charge in [-0.05, 0) is 62.4 Å². The molecule has 3 aromatic heterocycles. The van der Waals surface area contributed by atoms with Crippen molar-refractivity contribution in [2.45, 2.75) is 13.8 Å². The summed E-state index contributed by atoms with van der Waals surface area (Å²) >= 11 is 0. The van der Waals surface area contributed by atoms with Gasteiger partial charge in [-0.3, -0.25) is 4.79 Å². The van der Waals surface area contributed by atoms with Crippen LogP contribution in [-0.4, -0.2) is 38.0 Å². The lowest BCUT2D eigenvalue weighted by atomic mass is 10.2. The van der Waals surface area contributed by atoms with Gasteiger partial charge in [-0.25, -0.2) is 24.1 Å². The van der Waals surface area contributed by atoms with E-state index in [9.17, 15) is 14.0 Å². The molecule has 0 unspecified atom stereocenters. The highest BCUT2D eigenvalue weighted by atomic mass is 19.1. The van der Waals surface area contributed by atoms with Gasteiger partial charge in [0.1, 0.15) is 5.82 Å². The Labute approximate surface area is 194 Å². The van der Waals surface area contributed by atoms with Crippen LogP contribution in [0.3, 0.4) is 0 Å². The van der Waals surface area contributed by atoms with Gasteiger partial charge < -0.3 is 19.4 Å². The topological polar surface area (TPSA) is 108 Å². The molecule has 0 spiro atoms. The number of rotatable bonds is 7. The molecule has 4 aromatic rings. The van der Waals surface area contributed by atoms with Crippen LogP contribution in [-0.2, 0) is 4.79 Å². The van der Waals surface area contributed by atoms with E-state index in [4.69, 9.17) is 9.47 Å². The number of nitrogens with one attached hydrogen (secondary N) is 1. The van der Waals surface area contributed by atoms with Crippen molar-refractivity contribution < 1.29 is 23.5 Å². The molecule has 0 atom stereocenters. The highest BCUT2D eigenvalue weighted by Crippen LogP contribution is 2.24. The Hall–Kier alpha value is -4.60. The van der Waals surface area contributed by atoms with Gasteiger partial charge in [-0.1, -0.05) is 0 Å². The molecule has 0 saturated carbocycles. The van der Waals surface area contributed by atoms with E-state index in [1.807, 2.05) is 30.5 Å². The number of hydrogen-bond acceptors (Lipinski definition) is 7. The minimum Gasteiger partial charge on any atom is -0.451 e. The standard InChI is InChI=1S/C24H20FN5O4/c1-15-5-6-16(2)30(15)22-20(4-3-11-26-22)34-21(31)14-33-24-27-12-17(13-28-24)23(32)29-19-9-7-18(25)8-10-19/h3-13H,14H2,1-2H3,(H,29,32). The van der Waals surface area contributed by atoms with E-state index in [0.717, 1.165) is 11.4 Å². The lowest BCUT2D eigenvalue weighted by Gasteiger charge is -2.13. The Kier molecular flexibility index (Phi) is 6.58. The maximum Gasteiger partial charge on any atom is 0.349 e. The Bertz CT molecular complexity index is 1300. The SMILES string of the molecule is Cc1ccc(C)n1-c1ncccc1OC(=O)COc1ncc(C(=O)Nc2ccc(F)cc2)cn1. The second kappa shape index (κ2) is 9.90. The zero-order valence-corrected chi connectivity index (χ0v) is 18.4. The van der Waals surface area contributed by atoms with Crippen molar-refractivity contribution in [2.75, 3.05) is 11.9 Å². The third kappa shape index (κ3) is 5.23. The van der Waals surface area contributed by atoms with Crippen LogP contribution >= 0.6 is 0 Å². The van der Waals surface area contributed by atoms with E-state index in [2.05, 4.69) is 20.3 Å². The van der Waals surface area contributed by atoms with Crippen molar-refractivity contribution in [1.82, 2.24) is 19.5 Å². The van der Waals surface area contributed by atoms with Gasteiger partial charge >= 0.3 is 12.0 Å². The van der Waals surface area contributed by atoms with Crippen molar-refractivity contribution in [3.8, 4) is 17.6 Å². The molecule has 34 heavy (non-hydrogen) atoms. The van der Waals surface area contributed by atoms with Crippen LogP contribution in [0.2, 0.25) is 0 Å². The third-order valence-corrected chi connectivity index (χ3v) is 4.77. The molecule has 1 N–H and O–H groups in total. The zero-order chi connectivity index (χ0) is 24.1. The number of carbonyl (C=O) groups is 2. The molecule has 0 saturated heterocycles. The van der Waals surface area contributed by atoms with Crippen LogP contribution in [0.5, 0.6) is 11.8 Å². The summed E-state index contributed by atoms with van der Waals surface area (Å²) in [6, 6.07) is 12.4. The fraction of sp³-hybridized carbons (Fsp3) is 0.125. The molecule has 0 radical (unpaired) electrons. The van der Waals surface area contributed by atoms with E-state index in [1.165, 1.54) is 36.7 Å². The molecule has 3 heterocycles. The van der Waals surface area contributed by atoms with E-state index < -0.39 is 24.3 Å². The molecule has 10 heteroatoms. The van der Waals surface area contributed by atoms with Crippen molar-refractivity contribution in [1.29, 1.82) is 0 Å². The molecule has 1 aromatic carbocycles. The number of carbonyl (C=O) groups excluding carboxylic acids is 2. The lowest BCUT2D eigenvalue weighted by molar-refractivity contribution is -0.136. The maximum absolute atomic E-state index is 13.0. The van der Waals surface area contributed by atoms with Crippen molar-refractivity contribution in [2.24, 2.45) is 0 Å². The predicted molar refractivity (Wildman–Crippen MR) is 121 cm³/mol. The van der Waals surface area contributed by atoms with Gasteiger partial charge in [-0.2, -0.15) is 0 Å². The summed E-state index contributed by atoms with van der Waals surface area (Å²) in [5, 5.41) is 2.60. The van der Waals surface area contributed by atoms with Crippen LogP contribution in [0.15, 0.2) is 67.1 Å². The molecule has 172 valence electrons. The Morgan fingerprint density at radius 2 is 1.65 bits per heavy atom. The Morgan fingerprint density at radius 3 is 2.32 bits per heavy atom. The molecule has 0 aliphatic rings. The van der Waals surface area contributed by atoms with Gasteiger partial charge in [0.15, 0.2) is 18.2 Å². The zero-order valence-electron chi connectivity index (χ0n) is 18.4. The van der Waals surface area contributed by atoms with Crippen LogP contribution in [0, 0.1) is 19.7 Å². The lowest BCUT2D eigenvalue weighted by Crippen LogP contribution is -2.20. The summed E-state index contributed by atoms with van der Waals surface area (Å²) in [6.07, 6.45) is 4.12. The second-order valence-electron chi connectivity index (χ2n) is 7.25. The largest absolute Gasteiger partial charge is 0.451 e. The average molecular weight is 461 g/mol. The number of benzene rings is 1. The second-order valence-corrected chi connectivity index (χ2v) is 7.25. The van der Waals surface area contributed by atoms with Crippen LogP contribution < -0.4 is 14.8 Å². The molecular weight excluding hydrogens is 441 g/mol. The van der Waals surface area contributed by atoms with E-state index in [-0.39, 0.29) is 17.3 Å². The molecular formula is C24H20FN5O4. The highest BCUT2D eigenvalue weighted by molar-refractivity contribution is 6.03. The molecule has 0 aliphatic heterocycles. The monoisotopic (exact) mass is 461 g/mol. The first kappa shape index (κ1) is 22.6. The molecule has 0 bridgehead atoms. The van der Waals surface area contributed by atoms with Crippen LogP contribution in [0.25, 0.3) is 5.82 Å². The number of pyridine rings is 1. The van der Waals surface area contributed by atoms with Gasteiger partial charge in [0, 0.05) is 35.7 Å². The fourth-order valence-electron chi connectivity index (χ4n) is 3.15. The molecule has 9 nitrogen and oxygen atoms in total. The average Bonchev–Trinajstić information content (AvgIpc) is 3.17. The number of halogens is 1. The summed E-state index contributed by atoms with van der Waals surface area (Å²) in [4.78, 5) is 36.8. The van der Waals surface area contributed by atoms with E-state index in [0.29, 0.717) is 11.5 Å². The number of anilines is 1. The maximum atomic E-state index is 13.0. The van der Waals surface area contributed by atoms with Crippen LogP contribution in [0.1, 0.15) is 21.7 Å². The van der Waals surface area contributed by atoms with Gasteiger partial charge in [0.2, 0.25) is 0 Å². The Morgan fingerprint density at radius 1 is 0.971 bits per heavy atom. The number of hydrogen-bond donors (Lipinski definition) is 1. The van der Waals surface area contributed by atoms with E-state index >= 15 is 0 Å².